The molecule has 2 aromatic heterocycles. The highest BCUT2D eigenvalue weighted by atomic mass is 32.1. The molecule has 5 unspecified atom stereocenters. The summed E-state index contributed by atoms with van der Waals surface area (Å²) in [7, 11) is -10.4. The maximum Gasteiger partial charge on any atom is 0.481 e. The first kappa shape index (κ1) is 20.6. The van der Waals surface area contributed by atoms with Gasteiger partial charge in [0, 0.05) is 0 Å². The van der Waals surface area contributed by atoms with Crippen LogP contribution in [0.5, 0.6) is 0 Å². The number of rotatable bonds is 6. The standard InChI is InChI=1S/C10H14N4O10P2S/c15-6-4(1-22-26(20,21)24-25(17,18)19)23-10(7(6)16)14-3-13-5-8(14)11-2-12-9(5)27/h2-4,6-7,10,15-16H,1H2,(H,20,21)(H,11,12,27)(H2,17,18,19). The first-order valence-corrected chi connectivity index (χ1v) is 10.6. The Morgan fingerprint density at radius 3 is 2.63 bits per heavy atom. The molecule has 0 bridgehead atoms. The molecule has 17 heteroatoms. The summed E-state index contributed by atoms with van der Waals surface area (Å²) in [5, 5.41) is 20.3. The number of nitrogens with one attached hydrogen (secondary N) is 1. The summed E-state index contributed by atoms with van der Waals surface area (Å²) in [6, 6.07) is 0. The van der Waals surface area contributed by atoms with Crippen LogP contribution in [0.2, 0.25) is 0 Å². The van der Waals surface area contributed by atoms with Gasteiger partial charge in [-0.1, -0.05) is 12.2 Å². The van der Waals surface area contributed by atoms with E-state index in [1.807, 2.05) is 0 Å². The fourth-order valence-electron chi connectivity index (χ4n) is 2.49. The van der Waals surface area contributed by atoms with Gasteiger partial charge in [0.25, 0.3) is 0 Å². The van der Waals surface area contributed by atoms with Crippen LogP contribution < -0.4 is 0 Å². The molecule has 14 nitrogen and oxygen atoms in total. The molecule has 1 aliphatic heterocycles. The van der Waals surface area contributed by atoms with Gasteiger partial charge in [-0.25, -0.2) is 19.1 Å². The van der Waals surface area contributed by atoms with Crippen molar-refractivity contribution in [3.05, 3.63) is 17.3 Å². The average Bonchev–Trinajstić information content (AvgIpc) is 3.07. The van der Waals surface area contributed by atoms with E-state index in [-0.39, 0.29) is 4.64 Å². The van der Waals surface area contributed by atoms with Gasteiger partial charge in [0.1, 0.15) is 29.5 Å². The highest BCUT2D eigenvalue weighted by Crippen LogP contribution is 2.57. The van der Waals surface area contributed by atoms with E-state index in [1.54, 1.807) is 0 Å². The molecule has 1 aliphatic rings. The number of nitrogens with zero attached hydrogens (tertiary/aromatic N) is 3. The minimum atomic E-state index is -5.28. The van der Waals surface area contributed by atoms with E-state index in [2.05, 4.69) is 23.8 Å². The number of phosphoric ester groups is 1. The number of aliphatic hydroxyl groups excluding tert-OH is 2. The minimum absolute atomic E-state index is 0.200. The second kappa shape index (κ2) is 7.39. The summed E-state index contributed by atoms with van der Waals surface area (Å²) in [5.74, 6) is 0. The topological polar surface area (TPSA) is 209 Å². The van der Waals surface area contributed by atoms with Crippen LogP contribution in [-0.4, -0.2) is 69.3 Å². The van der Waals surface area contributed by atoms with Crippen LogP contribution in [0.25, 0.3) is 11.2 Å². The number of hydrogen-bond acceptors (Lipinski definition) is 10. The van der Waals surface area contributed by atoms with Crippen LogP contribution in [0.1, 0.15) is 6.23 Å². The molecule has 3 rings (SSSR count). The number of H-pyrrole nitrogens is 1. The Balaban J connectivity index is 1.76. The Bertz CT molecular complexity index is 990. The number of hydrogen-bond donors (Lipinski definition) is 6. The lowest BCUT2D eigenvalue weighted by molar-refractivity contribution is -0.0503. The van der Waals surface area contributed by atoms with Crippen LogP contribution in [0.15, 0.2) is 12.7 Å². The van der Waals surface area contributed by atoms with Crippen molar-refractivity contribution in [1.82, 2.24) is 19.5 Å². The maximum atomic E-state index is 11.5. The van der Waals surface area contributed by atoms with Crippen molar-refractivity contribution >= 4 is 39.0 Å². The van der Waals surface area contributed by atoms with E-state index >= 15 is 0 Å². The number of ether oxygens (including phenoxy) is 1. The molecule has 0 aliphatic carbocycles. The van der Waals surface area contributed by atoms with Crippen molar-refractivity contribution < 1.29 is 47.6 Å². The Labute approximate surface area is 155 Å². The molecule has 1 saturated heterocycles. The summed E-state index contributed by atoms with van der Waals surface area (Å²) in [4.78, 5) is 37.1. The third-order valence-corrected chi connectivity index (χ3v) is 6.05. The van der Waals surface area contributed by atoms with Gasteiger partial charge < -0.3 is 34.6 Å². The van der Waals surface area contributed by atoms with Crippen molar-refractivity contribution in [3.8, 4) is 0 Å². The van der Waals surface area contributed by atoms with Gasteiger partial charge in [0.2, 0.25) is 0 Å². The SMILES string of the molecule is O=P(O)(O)OP(=O)(O)OCC1OC(n2cnc3c(=S)nc[nH]c32)C(O)C1O. The van der Waals surface area contributed by atoms with Crippen LogP contribution >= 0.6 is 27.9 Å². The third kappa shape index (κ3) is 4.50. The van der Waals surface area contributed by atoms with Crippen LogP contribution in [-0.2, 0) is 22.7 Å². The molecule has 0 radical (unpaired) electrons. The summed E-state index contributed by atoms with van der Waals surface area (Å²) < 4.78 is 37.1. The lowest BCUT2D eigenvalue weighted by Crippen LogP contribution is -2.33. The lowest BCUT2D eigenvalue weighted by Gasteiger charge is -2.17. The monoisotopic (exact) mass is 444 g/mol. The summed E-state index contributed by atoms with van der Waals surface area (Å²) in [6.45, 7) is -0.799. The van der Waals surface area contributed by atoms with Gasteiger partial charge in [0.15, 0.2) is 10.9 Å². The summed E-state index contributed by atoms with van der Waals surface area (Å²) in [5.41, 5.74) is 0.679. The van der Waals surface area contributed by atoms with Crippen molar-refractivity contribution in [2.45, 2.75) is 24.5 Å². The van der Waals surface area contributed by atoms with E-state index in [4.69, 9.17) is 26.7 Å². The van der Waals surface area contributed by atoms with Crippen molar-refractivity contribution in [2.24, 2.45) is 0 Å². The van der Waals surface area contributed by atoms with Crippen molar-refractivity contribution in [2.75, 3.05) is 6.61 Å². The first-order chi connectivity index (χ1) is 12.5. The minimum Gasteiger partial charge on any atom is -0.387 e. The lowest BCUT2D eigenvalue weighted by atomic mass is 10.1. The molecule has 150 valence electrons. The fourth-order valence-corrected chi connectivity index (χ4v) is 4.29. The predicted octanol–water partition coefficient (Wildman–Crippen LogP) is -0.666. The van der Waals surface area contributed by atoms with Crippen LogP contribution in [0, 0.1) is 4.64 Å². The summed E-state index contributed by atoms with van der Waals surface area (Å²) in [6.07, 6.45) is -2.90. The summed E-state index contributed by atoms with van der Waals surface area (Å²) >= 11 is 5.03. The van der Waals surface area contributed by atoms with E-state index in [0.29, 0.717) is 11.2 Å². The fraction of sp³-hybridized carbons (Fsp3) is 0.500. The molecule has 0 amide bonds. The third-order valence-electron chi connectivity index (χ3n) is 3.60. The van der Waals surface area contributed by atoms with Gasteiger partial charge in [-0.05, 0) is 0 Å². The smallest absolute Gasteiger partial charge is 0.387 e. The van der Waals surface area contributed by atoms with Gasteiger partial charge in [-0.15, -0.1) is 0 Å². The normalized spacial score (nSPS) is 28.5. The Morgan fingerprint density at radius 2 is 1.96 bits per heavy atom. The quantitative estimate of drug-likeness (QED) is 0.242. The molecular weight excluding hydrogens is 430 g/mol. The molecule has 0 saturated carbocycles. The van der Waals surface area contributed by atoms with E-state index in [9.17, 15) is 24.2 Å². The number of phosphoric acid groups is 2. The molecule has 5 atom stereocenters. The molecule has 1 fully saturated rings. The highest BCUT2D eigenvalue weighted by Gasteiger charge is 2.45. The molecule has 27 heavy (non-hydrogen) atoms. The Morgan fingerprint density at radius 1 is 1.26 bits per heavy atom. The second-order valence-corrected chi connectivity index (χ2v) is 8.66. The molecule has 0 spiro atoms. The largest absolute Gasteiger partial charge is 0.481 e. The number of aromatic nitrogens is 4. The zero-order valence-corrected chi connectivity index (χ0v) is 15.7. The van der Waals surface area contributed by atoms with Crippen LogP contribution in [0.4, 0.5) is 0 Å². The predicted molar refractivity (Wildman–Crippen MR) is 87.5 cm³/mol. The zero-order chi connectivity index (χ0) is 20.0. The number of aromatic amines is 1. The zero-order valence-electron chi connectivity index (χ0n) is 13.1. The Hall–Kier alpha value is -1.09. The first-order valence-electron chi connectivity index (χ1n) is 7.14. The molecule has 0 aromatic carbocycles. The second-order valence-electron chi connectivity index (χ2n) is 5.44. The van der Waals surface area contributed by atoms with E-state index < -0.39 is 46.8 Å². The molecule has 6 N–H and O–H groups in total. The molecule has 3 heterocycles. The molecule has 2 aromatic rings. The maximum absolute atomic E-state index is 11.5. The van der Waals surface area contributed by atoms with Gasteiger partial charge in [-0.3, -0.25) is 9.09 Å². The van der Waals surface area contributed by atoms with E-state index in [0.717, 1.165) is 0 Å². The van der Waals surface area contributed by atoms with Crippen molar-refractivity contribution in [3.63, 3.8) is 0 Å². The number of fused-ring (bicyclic) bond motifs is 1. The van der Waals surface area contributed by atoms with Gasteiger partial charge in [-0.2, -0.15) is 4.31 Å². The number of imidazole rings is 1. The van der Waals surface area contributed by atoms with E-state index in [1.165, 1.54) is 17.2 Å². The number of aliphatic hydroxyl groups is 2. The highest BCUT2D eigenvalue weighted by molar-refractivity contribution is 7.71. The van der Waals surface area contributed by atoms with Gasteiger partial charge >= 0.3 is 15.6 Å². The average molecular weight is 444 g/mol. The molecular formula is C10H14N4O10P2S. The van der Waals surface area contributed by atoms with Gasteiger partial charge in [0.05, 0.1) is 19.3 Å². The van der Waals surface area contributed by atoms with Crippen molar-refractivity contribution in [1.29, 1.82) is 0 Å². The van der Waals surface area contributed by atoms with Crippen LogP contribution in [0.3, 0.4) is 0 Å². The Kier molecular flexibility index (Phi) is 5.65.